The van der Waals surface area contributed by atoms with E-state index in [1.165, 1.54) is 0 Å². The Hall–Kier alpha value is -2.83. The first-order valence-corrected chi connectivity index (χ1v) is 7.67. The third kappa shape index (κ3) is 5.12. The minimum atomic E-state index is -0.762. The number of para-hydroxylation sites is 1. The second-order valence-corrected chi connectivity index (χ2v) is 5.72. The van der Waals surface area contributed by atoms with Crippen molar-refractivity contribution in [3.8, 4) is 0 Å². The molecule has 0 spiro atoms. The Kier molecular flexibility index (Phi) is 5.95. The van der Waals surface area contributed by atoms with Crippen molar-refractivity contribution >= 4 is 17.7 Å². The SMILES string of the molecule is Cc1cc(COC(=O)[C@@H](NC(=O)Nc2ccccc2)C(C)C)no1. The fourth-order valence-corrected chi connectivity index (χ4v) is 2.05. The molecule has 0 fully saturated rings. The number of hydrogen-bond donors (Lipinski definition) is 2. The van der Waals surface area contributed by atoms with E-state index in [9.17, 15) is 9.59 Å². The highest BCUT2D eigenvalue weighted by molar-refractivity contribution is 5.92. The predicted octanol–water partition coefficient (Wildman–Crippen LogP) is 2.87. The van der Waals surface area contributed by atoms with E-state index in [1.807, 2.05) is 32.0 Å². The van der Waals surface area contributed by atoms with E-state index in [0.717, 1.165) is 0 Å². The molecule has 1 heterocycles. The van der Waals surface area contributed by atoms with E-state index in [1.54, 1.807) is 25.1 Å². The summed E-state index contributed by atoms with van der Waals surface area (Å²) in [5.41, 5.74) is 1.17. The van der Waals surface area contributed by atoms with Crippen molar-refractivity contribution in [3.63, 3.8) is 0 Å². The van der Waals surface area contributed by atoms with Gasteiger partial charge in [-0.15, -0.1) is 0 Å². The van der Waals surface area contributed by atoms with Crippen LogP contribution in [0.2, 0.25) is 0 Å². The highest BCUT2D eigenvalue weighted by Crippen LogP contribution is 2.09. The molecule has 0 aliphatic carbocycles. The molecule has 7 nitrogen and oxygen atoms in total. The van der Waals surface area contributed by atoms with Gasteiger partial charge in [0.15, 0.2) is 0 Å². The summed E-state index contributed by atoms with van der Waals surface area (Å²) in [6.07, 6.45) is 0. The fraction of sp³-hybridized carbons (Fsp3) is 0.353. The van der Waals surface area contributed by atoms with Crippen molar-refractivity contribution < 1.29 is 18.8 Å². The molecule has 2 aromatic rings. The van der Waals surface area contributed by atoms with Gasteiger partial charge in [0.05, 0.1) is 0 Å². The van der Waals surface area contributed by atoms with E-state index < -0.39 is 18.0 Å². The number of esters is 1. The standard InChI is InChI=1S/C17H21N3O4/c1-11(2)15(16(21)23-10-14-9-12(3)24-20-14)19-17(22)18-13-7-5-4-6-8-13/h4-9,11,15H,10H2,1-3H3,(H2,18,19,22)/t15-/m0/s1. The van der Waals surface area contributed by atoms with E-state index in [-0.39, 0.29) is 12.5 Å². The van der Waals surface area contributed by atoms with Crippen molar-refractivity contribution in [2.24, 2.45) is 5.92 Å². The molecule has 1 atom stereocenters. The molecule has 128 valence electrons. The first-order chi connectivity index (χ1) is 11.5. The lowest BCUT2D eigenvalue weighted by molar-refractivity contribution is -0.148. The van der Waals surface area contributed by atoms with E-state index in [2.05, 4.69) is 15.8 Å². The third-order valence-electron chi connectivity index (χ3n) is 3.28. The van der Waals surface area contributed by atoms with Gasteiger partial charge < -0.3 is 19.9 Å². The molecule has 0 saturated heterocycles. The summed E-state index contributed by atoms with van der Waals surface area (Å²) in [6.45, 7) is 5.41. The Labute approximate surface area is 140 Å². The van der Waals surface area contributed by atoms with Gasteiger partial charge in [0.25, 0.3) is 0 Å². The van der Waals surface area contributed by atoms with Crippen LogP contribution in [-0.4, -0.2) is 23.2 Å². The summed E-state index contributed by atoms with van der Waals surface area (Å²) in [5.74, 6) is -0.00578. The number of nitrogens with one attached hydrogen (secondary N) is 2. The number of aryl methyl sites for hydroxylation is 1. The number of carbonyl (C=O) groups excluding carboxylic acids is 2. The van der Waals surface area contributed by atoms with E-state index in [4.69, 9.17) is 9.26 Å². The Morgan fingerprint density at radius 1 is 1.25 bits per heavy atom. The van der Waals surface area contributed by atoms with Crippen molar-refractivity contribution in [1.29, 1.82) is 0 Å². The van der Waals surface area contributed by atoms with Crippen LogP contribution in [0.4, 0.5) is 10.5 Å². The Morgan fingerprint density at radius 2 is 1.96 bits per heavy atom. The molecule has 7 heteroatoms. The Morgan fingerprint density at radius 3 is 2.54 bits per heavy atom. The van der Waals surface area contributed by atoms with Gasteiger partial charge in [-0.3, -0.25) is 0 Å². The minimum Gasteiger partial charge on any atom is -0.458 e. The van der Waals surface area contributed by atoms with Gasteiger partial charge in [0.2, 0.25) is 0 Å². The maximum atomic E-state index is 12.2. The maximum Gasteiger partial charge on any atom is 0.329 e. The number of nitrogens with zero attached hydrogens (tertiary/aromatic N) is 1. The van der Waals surface area contributed by atoms with Crippen LogP contribution in [0.15, 0.2) is 40.9 Å². The molecule has 0 bridgehead atoms. The second-order valence-electron chi connectivity index (χ2n) is 5.72. The fourth-order valence-electron chi connectivity index (χ4n) is 2.05. The number of carbonyl (C=O) groups is 2. The number of amides is 2. The van der Waals surface area contributed by atoms with Crippen LogP contribution < -0.4 is 10.6 Å². The zero-order valence-electron chi connectivity index (χ0n) is 13.9. The number of hydrogen-bond acceptors (Lipinski definition) is 5. The zero-order chi connectivity index (χ0) is 17.5. The molecule has 24 heavy (non-hydrogen) atoms. The van der Waals surface area contributed by atoms with Crippen LogP contribution in [0.25, 0.3) is 0 Å². The number of aromatic nitrogens is 1. The summed E-state index contributed by atoms with van der Waals surface area (Å²) in [5, 5.41) is 9.07. The number of rotatable bonds is 6. The maximum absolute atomic E-state index is 12.2. The molecule has 2 N–H and O–H groups in total. The Balaban J connectivity index is 1.90. The largest absolute Gasteiger partial charge is 0.458 e. The molecule has 0 radical (unpaired) electrons. The lowest BCUT2D eigenvalue weighted by Gasteiger charge is -2.20. The van der Waals surface area contributed by atoms with Gasteiger partial charge in [-0.2, -0.15) is 0 Å². The van der Waals surface area contributed by atoms with Gasteiger partial charge in [0, 0.05) is 11.8 Å². The first kappa shape index (κ1) is 17.5. The van der Waals surface area contributed by atoms with Crippen molar-refractivity contribution in [1.82, 2.24) is 10.5 Å². The summed E-state index contributed by atoms with van der Waals surface area (Å²) in [6, 6.07) is 9.45. The van der Waals surface area contributed by atoms with Crippen molar-refractivity contribution in [3.05, 3.63) is 47.9 Å². The molecule has 0 aliphatic heterocycles. The van der Waals surface area contributed by atoms with Crippen LogP contribution in [0.1, 0.15) is 25.3 Å². The Bertz CT molecular complexity index is 682. The van der Waals surface area contributed by atoms with Gasteiger partial charge in [-0.05, 0) is 25.0 Å². The second kappa shape index (κ2) is 8.14. The van der Waals surface area contributed by atoms with Gasteiger partial charge in [-0.25, -0.2) is 9.59 Å². The number of benzene rings is 1. The van der Waals surface area contributed by atoms with Crippen LogP contribution in [0, 0.1) is 12.8 Å². The smallest absolute Gasteiger partial charge is 0.329 e. The van der Waals surface area contributed by atoms with Gasteiger partial charge in [-0.1, -0.05) is 37.2 Å². The van der Waals surface area contributed by atoms with E-state index >= 15 is 0 Å². The van der Waals surface area contributed by atoms with Crippen LogP contribution in [0.3, 0.4) is 0 Å². The lowest BCUT2D eigenvalue weighted by Crippen LogP contribution is -2.47. The highest BCUT2D eigenvalue weighted by Gasteiger charge is 2.26. The van der Waals surface area contributed by atoms with Crippen molar-refractivity contribution in [2.45, 2.75) is 33.4 Å². The predicted molar refractivity (Wildman–Crippen MR) is 88.3 cm³/mol. The number of ether oxygens (including phenoxy) is 1. The lowest BCUT2D eigenvalue weighted by atomic mass is 10.1. The summed E-state index contributed by atoms with van der Waals surface area (Å²) >= 11 is 0. The summed E-state index contributed by atoms with van der Waals surface area (Å²) < 4.78 is 10.1. The number of urea groups is 1. The molecule has 1 aromatic heterocycles. The van der Waals surface area contributed by atoms with Gasteiger partial charge >= 0.3 is 12.0 Å². The summed E-state index contributed by atoms with van der Waals surface area (Å²) in [7, 11) is 0. The molecular weight excluding hydrogens is 310 g/mol. The normalized spacial score (nSPS) is 11.8. The average molecular weight is 331 g/mol. The zero-order valence-corrected chi connectivity index (χ0v) is 13.9. The molecule has 2 amide bonds. The molecular formula is C17H21N3O4. The topological polar surface area (TPSA) is 93.5 Å². The quantitative estimate of drug-likeness (QED) is 0.794. The van der Waals surface area contributed by atoms with Crippen LogP contribution in [-0.2, 0) is 16.1 Å². The first-order valence-electron chi connectivity index (χ1n) is 7.67. The number of anilines is 1. The highest BCUT2D eigenvalue weighted by atomic mass is 16.5. The van der Waals surface area contributed by atoms with Crippen molar-refractivity contribution in [2.75, 3.05) is 5.32 Å². The monoisotopic (exact) mass is 331 g/mol. The molecule has 0 unspecified atom stereocenters. The molecule has 2 rings (SSSR count). The third-order valence-corrected chi connectivity index (χ3v) is 3.28. The average Bonchev–Trinajstić information content (AvgIpc) is 2.96. The molecule has 0 saturated carbocycles. The van der Waals surface area contributed by atoms with Crippen LogP contribution >= 0.6 is 0 Å². The summed E-state index contributed by atoms with van der Waals surface area (Å²) in [4.78, 5) is 24.3. The van der Waals surface area contributed by atoms with Gasteiger partial charge in [0.1, 0.15) is 24.1 Å². The molecule has 0 aliphatic rings. The molecule has 1 aromatic carbocycles. The van der Waals surface area contributed by atoms with Crippen LogP contribution in [0.5, 0.6) is 0 Å². The van der Waals surface area contributed by atoms with E-state index in [0.29, 0.717) is 17.1 Å². The minimum absolute atomic E-state index is 0.00137.